The predicted octanol–water partition coefficient (Wildman–Crippen LogP) is 3.76. The van der Waals surface area contributed by atoms with E-state index in [-0.39, 0.29) is 4.90 Å². The molecule has 0 radical (unpaired) electrons. The molecule has 100 valence electrons. The van der Waals surface area contributed by atoms with Crippen LogP contribution in [0.25, 0.3) is 0 Å². The van der Waals surface area contributed by atoms with Crippen molar-refractivity contribution in [1.82, 2.24) is 0 Å². The lowest BCUT2D eigenvalue weighted by atomic mass is 10.1. The lowest BCUT2D eigenvalue weighted by Gasteiger charge is -2.11. The number of hydrogen-bond donors (Lipinski definition) is 1. The van der Waals surface area contributed by atoms with Gasteiger partial charge in [-0.05, 0) is 55.3 Å². The van der Waals surface area contributed by atoms with E-state index < -0.39 is 10.0 Å². The van der Waals surface area contributed by atoms with Crippen LogP contribution in [0.15, 0.2) is 47.4 Å². The van der Waals surface area contributed by atoms with Gasteiger partial charge in [-0.3, -0.25) is 4.72 Å². The van der Waals surface area contributed by atoms with Crippen LogP contribution in [0.5, 0.6) is 0 Å². The number of nitrogens with one attached hydrogen (secondary N) is 1. The Balaban J connectivity index is 2.36. The van der Waals surface area contributed by atoms with E-state index in [0.717, 1.165) is 11.1 Å². The minimum atomic E-state index is -3.58. The van der Waals surface area contributed by atoms with Gasteiger partial charge in [-0.15, -0.1) is 0 Å². The monoisotopic (exact) mass is 295 g/mol. The molecule has 2 rings (SSSR count). The minimum absolute atomic E-state index is 0.192. The highest BCUT2D eigenvalue weighted by Gasteiger charge is 2.15. The van der Waals surface area contributed by atoms with Crippen LogP contribution < -0.4 is 4.72 Å². The number of aryl methyl sites for hydroxylation is 2. The summed E-state index contributed by atoms with van der Waals surface area (Å²) >= 11 is 5.75. The Morgan fingerprint density at radius 1 is 1.00 bits per heavy atom. The molecule has 0 saturated carbocycles. The van der Waals surface area contributed by atoms with Crippen molar-refractivity contribution in [3.05, 3.63) is 58.6 Å². The molecule has 0 aliphatic rings. The first-order valence-corrected chi connectivity index (χ1v) is 7.60. The number of halogens is 1. The maximum atomic E-state index is 12.2. The normalized spacial score (nSPS) is 11.3. The molecule has 0 fully saturated rings. The van der Waals surface area contributed by atoms with Crippen molar-refractivity contribution in [2.45, 2.75) is 18.7 Å². The van der Waals surface area contributed by atoms with Gasteiger partial charge in [0.25, 0.3) is 10.0 Å². The van der Waals surface area contributed by atoms with E-state index in [1.807, 2.05) is 32.0 Å². The fourth-order valence-corrected chi connectivity index (χ4v) is 2.91. The first-order valence-electron chi connectivity index (χ1n) is 5.74. The first-order chi connectivity index (χ1) is 8.88. The summed E-state index contributed by atoms with van der Waals surface area (Å²) in [7, 11) is -3.58. The Labute approximate surface area is 118 Å². The second kappa shape index (κ2) is 5.23. The number of sulfonamides is 1. The molecule has 0 bridgehead atoms. The smallest absolute Gasteiger partial charge is 0.261 e. The van der Waals surface area contributed by atoms with Crippen molar-refractivity contribution >= 4 is 27.3 Å². The van der Waals surface area contributed by atoms with Gasteiger partial charge in [0.15, 0.2) is 0 Å². The summed E-state index contributed by atoms with van der Waals surface area (Å²) in [6, 6.07) is 11.7. The average molecular weight is 296 g/mol. The molecule has 3 nitrogen and oxygen atoms in total. The predicted molar refractivity (Wildman–Crippen MR) is 78.2 cm³/mol. The lowest BCUT2D eigenvalue weighted by molar-refractivity contribution is 0.601. The summed E-state index contributed by atoms with van der Waals surface area (Å²) in [6.07, 6.45) is 0. The van der Waals surface area contributed by atoms with Gasteiger partial charge in [0.05, 0.1) is 10.6 Å². The second-order valence-corrected chi connectivity index (χ2v) is 6.50. The molecule has 0 heterocycles. The third kappa shape index (κ3) is 3.28. The maximum Gasteiger partial charge on any atom is 0.261 e. The van der Waals surface area contributed by atoms with Crippen molar-refractivity contribution in [3.63, 3.8) is 0 Å². The molecular weight excluding hydrogens is 282 g/mol. The van der Waals surface area contributed by atoms with Gasteiger partial charge in [-0.1, -0.05) is 23.7 Å². The molecule has 0 aliphatic carbocycles. The summed E-state index contributed by atoms with van der Waals surface area (Å²) < 4.78 is 27.0. The Bertz CT molecular complexity index is 694. The van der Waals surface area contributed by atoms with Gasteiger partial charge in [0.1, 0.15) is 0 Å². The number of anilines is 1. The molecule has 0 unspecified atom stereocenters. The largest absolute Gasteiger partial charge is 0.279 e. The summed E-state index contributed by atoms with van der Waals surface area (Å²) in [6.45, 7) is 3.78. The van der Waals surface area contributed by atoms with Crippen molar-refractivity contribution in [2.24, 2.45) is 0 Å². The van der Waals surface area contributed by atoms with E-state index in [1.165, 1.54) is 12.1 Å². The molecule has 0 aliphatic heterocycles. The summed E-state index contributed by atoms with van der Waals surface area (Å²) in [5, 5.41) is 0.505. The molecule has 2 aromatic carbocycles. The van der Waals surface area contributed by atoms with Crippen LogP contribution in [0.4, 0.5) is 5.69 Å². The number of hydrogen-bond acceptors (Lipinski definition) is 2. The minimum Gasteiger partial charge on any atom is -0.279 e. The van der Waals surface area contributed by atoms with Gasteiger partial charge in [-0.2, -0.15) is 0 Å². The standard InChI is InChI=1S/C14H14ClNO2S/c1-10-3-4-11(2)14(9-10)16-19(17,18)13-7-5-12(15)6-8-13/h3-9,16H,1-2H3. The summed E-state index contributed by atoms with van der Waals surface area (Å²) in [5.74, 6) is 0. The van der Waals surface area contributed by atoms with Crippen molar-refractivity contribution < 1.29 is 8.42 Å². The third-order valence-electron chi connectivity index (χ3n) is 2.76. The molecule has 0 aromatic heterocycles. The van der Waals surface area contributed by atoms with E-state index in [0.29, 0.717) is 10.7 Å². The van der Waals surface area contributed by atoms with Crippen LogP contribution in [0, 0.1) is 13.8 Å². The van der Waals surface area contributed by atoms with Gasteiger partial charge < -0.3 is 0 Å². The van der Waals surface area contributed by atoms with Crippen LogP contribution in [0.1, 0.15) is 11.1 Å². The molecule has 0 atom stereocenters. The second-order valence-electron chi connectivity index (χ2n) is 4.38. The van der Waals surface area contributed by atoms with E-state index in [4.69, 9.17) is 11.6 Å². The van der Waals surface area contributed by atoms with Crippen molar-refractivity contribution in [1.29, 1.82) is 0 Å². The van der Waals surface area contributed by atoms with Gasteiger partial charge in [0, 0.05) is 5.02 Å². The zero-order valence-corrected chi connectivity index (χ0v) is 12.2. The third-order valence-corrected chi connectivity index (χ3v) is 4.39. The van der Waals surface area contributed by atoms with Crippen LogP contribution in [-0.4, -0.2) is 8.42 Å². The lowest BCUT2D eigenvalue weighted by Crippen LogP contribution is -2.13. The molecule has 19 heavy (non-hydrogen) atoms. The summed E-state index contributed by atoms with van der Waals surface area (Å²) in [5.41, 5.74) is 2.47. The molecule has 5 heteroatoms. The van der Waals surface area contributed by atoms with E-state index in [9.17, 15) is 8.42 Å². The highest BCUT2D eigenvalue weighted by Crippen LogP contribution is 2.21. The van der Waals surface area contributed by atoms with Crippen LogP contribution in [0.2, 0.25) is 5.02 Å². The number of rotatable bonds is 3. The molecule has 0 spiro atoms. The van der Waals surface area contributed by atoms with E-state index in [2.05, 4.69) is 4.72 Å². The van der Waals surface area contributed by atoms with Crippen LogP contribution >= 0.6 is 11.6 Å². The highest BCUT2D eigenvalue weighted by atomic mass is 35.5. The summed E-state index contributed by atoms with van der Waals surface area (Å²) in [4.78, 5) is 0.192. The van der Waals surface area contributed by atoms with E-state index >= 15 is 0 Å². The van der Waals surface area contributed by atoms with Gasteiger partial charge >= 0.3 is 0 Å². The quantitative estimate of drug-likeness (QED) is 0.937. The molecule has 2 aromatic rings. The molecular formula is C14H14ClNO2S. The molecule has 0 amide bonds. The fourth-order valence-electron chi connectivity index (χ4n) is 1.66. The Hall–Kier alpha value is -1.52. The molecule has 0 saturated heterocycles. The Kier molecular flexibility index (Phi) is 3.83. The zero-order chi connectivity index (χ0) is 14.0. The zero-order valence-electron chi connectivity index (χ0n) is 10.6. The van der Waals surface area contributed by atoms with Gasteiger partial charge in [0.2, 0.25) is 0 Å². The van der Waals surface area contributed by atoms with Crippen molar-refractivity contribution in [2.75, 3.05) is 4.72 Å². The topological polar surface area (TPSA) is 46.2 Å². The maximum absolute atomic E-state index is 12.2. The SMILES string of the molecule is Cc1ccc(C)c(NS(=O)(=O)c2ccc(Cl)cc2)c1. The first kappa shape index (κ1) is 13.9. The van der Waals surface area contributed by atoms with Crippen molar-refractivity contribution in [3.8, 4) is 0 Å². The van der Waals surface area contributed by atoms with Crippen LogP contribution in [0.3, 0.4) is 0 Å². The van der Waals surface area contributed by atoms with Crippen LogP contribution in [-0.2, 0) is 10.0 Å². The fraction of sp³-hybridized carbons (Fsp3) is 0.143. The number of benzene rings is 2. The van der Waals surface area contributed by atoms with Gasteiger partial charge in [-0.25, -0.2) is 8.42 Å². The average Bonchev–Trinajstić information content (AvgIpc) is 2.34. The Morgan fingerprint density at radius 3 is 2.26 bits per heavy atom. The van der Waals surface area contributed by atoms with E-state index in [1.54, 1.807) is 12.1 Å². The molecule has 1 N–H and O–H groups in total. The highest BCUT2D eigenvalue weighted by molar-refractivity contribution is 7.92. The Morgan fingerprint density at radius 2 is 1.63 bits per heavy atom.